The van der Waals surface area contributed by atoms with Crippen LogP contribution in [0.2, 0.25) is 0 Å². The molecule has 0 saturated carbocycles. The topological polar surface area (TPSA) is 90.5 Å². The fourth-order valence-corrected chi connectivity index (χ4v) is 7.40. The zero-order chi connectivity index (χ0) is 19.9. The molecule has 0 radical (unpaired) electrons. The van der Waals surface area contributed by atoms with E-state index in [1.54, 1.807) is 30.3 Å². The smallest absolute Gasteiger partial charge is 0.182 e. The molecule has 7 heteroatoms. The van der Waals surface area contributed by atoms with Crippen molar-refractivity contribution >= 4 is 26.1 Å². The van der Waals surface area contributed by atoms with Gasteiger partial charge in [0.15, 0.2) is 9.84 Å². The molecule has 1 aromatic rings. The first-order valence-corrected chi connectivity index (χ1v) is 12.1. The summed E-state index contributed by atoms with van der Waals surface area (Å²) in [5, 5.41) is 18.8. The quantitative estimate of drug-likeness (QED) is 0.497. The number of hydrogen-bond donors (Lipinski definition) is 1. The number of nitrogens with zero attached hydrogens (tertiary/aromatic N) is 2. The van der Waals surface area contributed by atoms with Gasteiger partial charge in [-0.1, -0.05) is 69.5 Å². The summed E-state index contributed by atoms with van der Waals surface area (Å²) in [4.78, 5) is 0.530. The standard InChI is InChI=1S/C20H26N2O3S2/c1-3-5-12-17(9-4-2)27(24,25)19-13-14-26(22-23)20(19)18(15-21)16-10-7-6-8-11-16/h6-8,10-11,13,17,23H,3-5,9,12,14H2,1-2H3. The van der Waals surface area contributed by atoms with E-state index in [1.165, 1.54) is 0 Å². The maximum absolute atomic E-state index is 13.4. The fourth-order valence-electron chi connectivity index (χ4n) is 3.25. The first kappa shape index (κ1) is 21.5. The highest BCUT2D eigenvalue weighted by molar-refractivity contribution is 8.00. The maximum atomic E-state index is 13.4. The molecule has 0 aromatic heterocycles. The van der Waals surface area contributed by atoms with Crippen molar-refractivity contribution in [3.05, 3.63) is 51.8 Å². The molecule has 0 spiro atoms. The van der Waals surface area contributed by atoms with Crippen LogP contribution in [-0.4, -0.2) is 24.6 Å². The van der Waals surface area contributed by atoms with Crippen molar-refractivity contribution in [2.45, 2.75) is 51.2 Å². The number of rotatable bonds is 8. The van der Waals surface area contributed by atoms with Crippen LogP contribution in [0, 0.1) is 11.3 Å². The first-order valence-electron chi connectivity index (χ1n) is 9.21. The number of unbranched alkanes of at least 4 members (excludes halogenated alkanes) is 1. The van der Waals surface area contributed by atoms with Gasteiger partial charge in [0, 0.05) is 5.75 Å². The summed E-state index contributed by atoms with van der Waals surface area (Å²) in [5.41, 5.74) is 0.912. The van der Waals surface area contributed by atoms with E-state index in [1.807, 2.05) is 19.9 Å². The molecule has 146 valence electrons. The largest absolute Gasteiger partial charge is 0.261 e. The second-order valence-electron chi connectivity index (χ2n) is 6.46. The van der Waals surface area contributed by atoms with E-state index >= 15 is 0 Å². The van der Waals surface area contributed by atoms with E-state index in [-0.39, 0.29) is 10.5 Å². The summed E-state index contributed by atoms with van der Waals surface area (Å²) < 4.78 is 30.2. The van der Waals surface area contributed by atoms with E-state index in [2.05, 4.69) is 10.6 Å². The molecule has 0 saturated heterocycles. The van der Waals surface area contributed by atoms with Gasteiger partial charge in [0.25, 0.3) is 0 Å². The molecule has 5 nitrogen and oxygen atoms in total. The molecule has 1 aliphatic heterocycles. The van der Waals surface area contributed by atoms with Gasteiger partial charge >= 0.3 is 0 Å². The van der Waals surface area contributed by atoms with Gasteiger partial charge in [-0.15, -0.1) is 4.53 Å². The minimum absolute atomic E-state index is 0.179. The van der Waals surface area contributed by atoms with Gasteiger partial charge in [-0.3, -0.25) is 5.21 Å². The van der Waals surface area contributed by atoms with Crippen LogP contribution >= 0.6 is 0 Å². The lowest BCUT2D eigenvalue weighted by Gasteiger charge is -2.19. The molecule has 0 amide bonds. The van der Waals surface area contributed by atoms with Crippen molar-refractivity contribution in [2.24, 2.45) is 4.53 Å². The summed E-state index contributed by atoms with van der Waals surface area (Å²) in [7, 11) is -4.64. The van der Waals surface area contributed by atoms with Crippen LogP contribution in [0.4, 0.5) is 0 Å². The number of allylic oxidation sites excluding steroid dienone is 1. The number of hydrogen-bond acceptors (Lipinski definition) is 4. The lowest BCUT2D eigenvalue weighted by molar-refractivity contribution is 0.329. The third kappa shape index (κ3) is 4.75. The highest BCUT2D eigenvalue weighted by Crippen LogP contribution is 2.38. The van der Waals surface area contributed by atoms with Crippen LogP contribution in [0.5, 0.6) is 0 Å². The molecule has 2 rings (SSSR count). The van der Waals surface area contributed by atoms with Gasteiger partial charge in [0.05, 0.1) is 20.6 Å². The Hall–Kier alpha value is -1.75. The Morgan fingerprint density at radius 2 is 1.96 bits per heavy atom. The third-order valence-electron chi connectivity index (χ3n) is 4.62. The van der Waals surface area contributed by atoms with E-state index in [9.17, 15) is 18.9 Å². The van der Waals surface area contributed by atoms with Crippen LogP contribution in [-0.2, 0) is 20.5 Å². The van der Waals surface area contributed by atoms with Gasteiger partial charge in [-0.2, -0.15) is 5.26 Å². The van der Waals surface area contributed by atoms with Gasteiger partial charge in [-0.05, 0) is 29.1 Å². The molecule has 1 aliphatic rings. The Morgan fingerprint density at radius 3 is 2.52 bits per heavy atom. The molecule has 2 atom stereocenters. The molecule has 1 aromatic carbocycles. The predicted octanol–water partition coefficient (Wildman–Crippen LogP) is 4.78. The molecular weight excluding hydrogens is 380 g/mol. The van der Waals surface area contributed by atoms with Crippen molar-refractivity contribution in [3.8, 4) is 6.07 Å². The highest BCUT2D eigenvalue weighted by Gasteiger charge is 2.36. The summed E-state index contributed by atoms with van der Waals surface area (Å²) >= 11 is 0. The lowest BCUT2D eigenvalue weighted by atomic mass is 10.1. The Morgan fingerprint density at radius 1 is 1.26 bits per heavy atom. The molecule has 2 unspecified atom stereocenters. The first-order chi connectivity index (χ1) is 13.0. The average molecular weight is 407 g/mol. The SMILES string of the molecule is CCCCC(CCC)S(=O)(=O)C1=CCS(=NO)C1=C(C#N)c1ccccc1. The molecule has 0 fully saturated rings. The molecular formula is C20H26N2O3S2. The molecule has 27 heavy (non-hydrogen) atoms. The predicted molar refractivity (Wildman–Crippen MR) is 111 cm³/mol. The summed E-state index contributed by atoms with van der Waals surface area (Å²) in [5.74, 6) is 0.311. The number of benzene rings is 1. The lowest BCUT2D eigenvalue weighted by Crippen LogP contribution is -2.23. The van der Waals surface area contributed by atoms with Crippen LogP contribution in [0.25, 0.3) is 5.57 Å². The Kier molecular flexibility index (Phi) is 7.96. The van der Waals surface area contributed by atoms with Crippen LogP contribution in [0.1, 0.15) is 51.5 Å². The van der Waals surface area contributed by atoms with E-state index < -0.39 is 25.8 Å². The molecule has 1 N–H and O–H groups in total. The Balaban J connectivity index is 2.61. The number of sulfone groups is 1. The minimum atomic E-state index is -3.60. The van der Waals surface area contributed by atoms with E-state index in [4.69, 9.17) is 0 Å². The maximum Gasteiger partial charge on any atom is 0.182 e. The van der Waals surface area contributed by atoms with Gasteiger partial charge in [0.1, 0.15) is 6.07 Å². The molecule has 0 bridgehead atoms. The monoisotopic (exact) mass is 406 g/mol. The van der Waals surface area contributed by atoms with Crippen molar-refractivity contribution in [1.82, 2.24) is 0 Å². The van der Waals surface area contributed by atoms with Crippen molar-refractivity contribution in [1.29, 1.82) is 5.26 Å². The third-order valence-corrected chi connectivity index (χ3v) is 8.66. The van der Waals surface area contributed by atoms with Crippen LogP contribution in [0.15, 0.2) is 50.7 Å². The Labute approximate surface area is 164 Å². The van der Waals surface area contributed by atoms with Crippen LogP contribution in [0.3, 0.4) is 0 Å². The van der Waals surface area contributed by atoms with Gasteiger partial charge < -0.3 is 0 Å². The Bertz CT molecular complexity index is 895. The zero-order valence-corrected chi connectivity index (χ0v) is 17.4. The fraction of sp³-hybridized carbons (Fsp3) is 0.450. The highest BCUT2D eigenvalue weighted by atomic mass is 32.2. The second-order valence-corrected chi connectivity index (χ2v) is 10.3. The van der Waals surface area contributed by atoms with E-state index in [0.717, 1.165) is 19.3 Å². The minimum Gasteiger partial charge on any atom is -0.261 e. The summed E-state index contributed by atoms with van der Waals surface area (Å²) in [6, 6.07) is 11.1. The van der Waals surface area contributed by atoms with Gasteiger partial charge in [0.2, 0.25) is 0 Å². The van der Waals surface area contributed by atoms with Crippen molar-refractivity contribution in [3.63, 3.8) is 0 Å². The zero-order valence-electron chi connectivity index (χ0n) is 15.8. The average Bonchev–Trinajstić information content (AvgIpc) is 3.11. The summed E-state index contributed by atoms with van der Waals surface area (Å²) in [6.45, 7) is 4.02. The molecule has 1 heterocycles. The van der Waals surface area contributed by atoms with Crippen molar-refractivity contribution in [2.75, 3.05) is 5.75 Å². The van der Waals surface area contributed by atoms with Crippen LogP contribution < -0.4 is 0 Å². The van der Waals surface area contributed by atoms with E-state index in [0.29, 0.717) is 29.1 Å². The second kappa shape index (κ2) is 9.98. The van der Waals surface area contributed by atoms with Gasteiger partial charge in [-0.25, -0.2) is 8.42 Å². The summed E-state index contributed by atoms with van der Waals surface area (Å²) in [6.07, 6.45) is 5.37. The normalized spacial score (nSPS) is 20.2. The molecule has 0 aliphatic carbocycles. The van der Waals surface area contributed by atoms with Crippen molar-refractivity contribution < 1.29 is 13.6 Å². The number of nitriles is 1.